The lowest BCUT2D eigenvalue weighted by Gasteiger charge is -2.08. The fourth-order valence-corrected chi connectivity index (χ4v) is 3.35. The van der Waals surface area contributed by atoms with Crippen LogP contribution in [0.4, 0.5) is 5.82 Å². The molecule has 1 atom stereocenters. The molecule has 4 aromatic rings. The molecule has 0 saturated carbocycles. The van der Waals surface area contributed by atoms with E-state index in [0.717, 1.165) is 39.6 Å². The summed E-state index contributed by atoms with van der Waals surface area (Å²) in [6.45, 7) is 4.54. The lowest BCUT2D eigenvalue weighted by atomic mass is 10.2. The van der Waals surface area contributed by atoms with Gasteiger partial charge in [0.2, 0.25) is 6.29 Å². The molecular formula is C21H19N5O2. The summed E-state index contributed by atoms with van der Waals surface area (Å²) in [6, 6.07) is 14.1. The van der Waals surface area contributed by atoms with Crippen molar-refractivity contribution in [3.8, 4) is 17.2 Å². The average Bonchev–Trinajstić information content (AvgIpc) is 3.28. The van der Waals surface area contributed by atoms with Gasteiger partial charge in [0.15, 0.2) is 17.1 Å². The van der Waals surface area contributed by atoms with Gasteiger partial charge >= 0.3 is 0 Å². The Bertz CT molecular complexity index is 1170. The maximum absolute atomic E-state index is 5.64. The highest BCUT2D eigenvalue weighted by molar-refractivity contribution is 5.87. The van der Waals surface area contributed by atoms with Crippen LogP contribution in [-0.2, 0) is 6.54 Å². The van der Waals surface area contributed by atoms with Crippen LogP contribution in [-0.4, -0.2) is 26.0 Å². The van der Waals surface area contributed by atoms with Crippen LogP contribution >= 0.6 is 0 Å². The van der Waals surface area contributed by atoms with Gasteiger partial charge in [-0.1, -0.05) is 18.2 Å². The van der Waals surface area contributed by atoms with Gasteiger partial charge in [-0.15, -0.1) is 0 Å². The van der Waals surface area contributed by atoms with E-state index < -0.39 is 0 Å². The van der Waals surface area contributed by atoms with Crippen molar-refractivity contribution in [2.45, 2.75) is 26.7 Å². The van der Waals surface area contributed by atoms with Crippen LogP contribution in [0.15, 0.2) is 55.0 Å². The van der Waals surface area contributed by atoms with Crippen molar-refractivity contribution < 1.29 is 9.47 Å². The molecule has 0 radical (unpaired) electrons. The standard InChI is InChI=1S/C21H19N5O2/c1-13-4-3-5-16(8-13)26-21-17(11-25-26)20(23-12-24-21)22-10-15-6-7-18-19(9-15)28-14(2)27-18/h3-9,11-12,14H,10H2,1-2H3,(H,22,23,24). The van der Waals surface area contributed by atoms with E-state index in [4.69, 9.17) is 9.47 Å². The third-order valence-corrected chi connectivity index (χ3v) is 4.67. The van der Waals surface area contributed by atoms with E-state index in [1.807, 2.05) is 41.9 Å². The Morgan fingerprint density at radius 2 is 1.96 bits per heavy atom. The number of ether oxygens (including phenoxy) is 2. The van der Waals surface area contributed by atoms with Crippen molar-refractivity contribution in [3.05, 3.63) is 66.1 Å². The summed E-state index contributed by atoms with van der Waals surface area (Å²) < 4.78 is 13.0. The minimum atomic E-state index is -0.243. The second kappa shape index (κ2) is 6.53. The normalized spacial score (nSPS) is 15.1. The van der Waals surface area contributed by atoms with Gasteiger partial charge in [-0.2, -0.15) is 5.10 Å². The van der Waals surface area contributed by atoms with E-state index in [0.29, 0.717) is 6.54 Å². The molecule has 28 heavy (non-hydrogen) atoms. The molecule has 1 unspecified atom stereocenters. The molecule has 7 heteroatoms. The third-order valence-electron chi connectivity index (χ3n) is 4.67. The van der Waals surface area contributed by atoms with E-state index in [1.165, 1.54) is 5.56 Å². The minimum Gasteiger partial charge on any atom is -0.451 e. The number of hydrogen-bond acceptors (Lipinski definition) is 6. The number of fused-ring (bicyclic) bond motifs is 2. The largest absolute Gasteiger partial charge is 0.451 e. The summed E-state index contributed by atoms with van der Waals surface area (Å²) in [5, 5.41) is 8.77. The second-order valence-electron chi connectivity index (χ2n) is 6.79. The second-order valence-corrected chi connectivity index (χ2v) is 6.79. The van der Waals surface area contributed by atoms with Crippen molar-refractivity contribution in [2.75, 3.05) is 5.32 Å². The van der Waals surface area contributed by atoms with Crippen molar-refractivity contribution in [1.29, 1.82) is 0 Å². The van der Waals surface area contributed by atoms with Gasteiger partial charge in [-0.05, 0) is 42.3 Å². The molecule has 0 spiro atoms. The zero-order chi connectivity index (χ0) is 19.1. The number of rotatable bonds is 4. The number of aromatic nitrogens is 4. The van der Waals surface area contributed by atoms with Gasteiger partial charge in [0.25, 0.3) is 0 Å². The zero-order valence-electron chi connectivity index (χ0n) is 15.6. The Kier molecular flexibility index (Phi) is 3.86. The predicted molar refractivity (Wildman–Crippen MR) is 106 cm³/mol. The predicted octanol–water partition coefficient (Wildman–Crippen LogP) is 3.85. The summed E-state index contributed by atoms with van der Waals surface area (Å²) in [7, 11) is 0. The third kappa shape index (κ3) is 2.90. The smallest absolute Gasteiger partial charge is 0.238 e. The zero-order valence-corrected chi connectivity index (χ0v) is 15.6. The van der Waals surface area contributed by atoms with Gasteiger partial charge < -0.3 is 14.8 Å². The molecule has 1 N–H and O–H groups in total. The lowest BCUT2D eigenvalue weighted by molar-refractivity contribution is 0.0678. The number of aryl methyl sites for hydroxylation is 1. The number of benzene rings is 2. The maximum atomic E-state index is 5.64. The summed E-state index contributed by atoms with van der Waals surface area (Å²) in [6.07, 6.45) is 3.11. The van der Waals surface area contributed by atoms with Crippen molar-refractivity contribution in [3.63, 3.8) is 0 Å². The van der Waals surface area contributed by atoms with Crippen LogP contribution in [0.25, 0.3) is 16.7 Å². The van der Waals surface area contributed by atoms with Crippen molar-refractivity contribution in [2.24, 2.45) is 0 Å². The number of anilines is 1. The van der Waals surface area contributed by atoms with Crippen LogP contribution in [0.5, 0.6) is 11.5 Å². The molecule has 0 aliphatic carbocycles. The summed E-state index contributed by atoms with van der Waals surface area (Å²) in [5.41, 5.74) is 3.99. The van der Waals surface area contributed by atoms with Crippen LogP contribution in [0, 0.1) is 6.92 Å². The molecule has 0 bridgehead atoms. The molecule has 3 heterocycles. The Balaban J connectivity index is 1.42. The molecule has 1 aliphatic heterocycles. The van der Waals surface area contributed by atoms with E-state index in [9.17, 15) is 0 Å². The van der Waals surface area contributed by atoms with Gasteiger partial charge in [0.05, 0.1) is 17.3 Å². The number of hydrogen-bond donors (Lipinski definition) is 1. The first-order valence-electron chi connectivity index (χ1n) is 9.13. The molecular weight excluding hydrogens is 354 g/mol. The van der Waals surface area contributed by atoms with Gasteiger partial charge in [0.1, 0.15) is 12.1 Å². The summed E-state index contributed by atoms with van der Waals surface area (Å²) in [5.74, 6) is 2.29. The van der Waals surface area contributed by atoms with E-state index in [1.54, 1.807) is 12.5 Å². The topological polar surface area (TPSA) is 74.1 Å². The fraction of sp³-hybridized carbons (Fsp3) is 0.190. The van der Waals surface area contributed by atoms with Crippen LogP contribution < -0.4 is 14.8 Å². The highest BCUT2D eigenvalue weighted by Crippen LogP contribution is 2.35. The van der Waals surface area contributed by atoms with E-state index >= 15 is 0 Å². The molecule has 7 nitrogen and oxygen atoms in total. The molecule has 1 aliphatic rings. The molecule has 140 valence electrons. The average molecular weight is 373 g/mol. The molecule has 0 fully saturated rings. The summed E-state index contributed by atoms with van der Waals surface area (Å²) >= 11 is 0. The highest BCUT2D eigenvalue weighted by atomic mass is 16.7. The minimum absolute atomic E-state index is 0.243. The van der Waals surface area contributed by atoms with Crippen LogP contribution in [0.3, 0.4) is 0 Å². The molecule has 0 amide bonds. The lowest BCUT2D eigenvalue weighted by Crippen LogP contribution is -2.11. The Labute approximate surface area is 162 Å². The molecule has 2 aromatic heterocycles. The summed E-state index contributed by atoms with van der Waals surface area (Å²) in [4.78, 5) is 8.83. The SMILES string of the molecule is Cc1cccc(-n2ncc3c(NCc4ccc5c(c4)OC(C)O5)ncnc32)c1. The maximum Gasteiger partial charge on any atom is 0.238 e. The monoisotopic (exact) mass is 373 g/mol. The van der Waals surface area contributed by atoms with Crippen molar-refractivity contribution in [1.82, 2.24) is 19.7 Å². The first kappa shape index (κ1) is 16.6. The first-order chi connectivity index (χ1) is 13.7. The molecule has 0 saturated heterocycles. The quantitative estimate of drug-likeness (QED) is 0.586. The van der Waals surface area contributed by atoms with Gasteiger partial charge in [-0.25, -0.2) is 14.6 Å². The fourth-order valence-electron chi connectivity index (χ4n) is 3.35. The highest BCUT2D eigenvalue weighted by Gasteiger charge is 2.20. The van der Waals surface area contributed by atoms with E-state index in [-0.39, 0.29) is 6.29 Å². The Hall–Kier alpha value is -3.61. The number of nitrogens with zero attached hydrogens (tertiary/aromatic N) is 4. The molecule has 2 aromatic carbocycles. The van der Waals surface area contributed by atoms with Crippen LogP contribution in [0.1, 0.15) is 18.1 Å². The van der Waals surface area contributed by atoms with Crippen molar-refractivity contribution >= 4 is 16.9 Å². The van der Waals surface area contributed by atoms with Crippen LogP contribution in [0.2, 0.25) is 0 Å². The Morgan fingerprint density at radius 3 is 2.86 bits per heavy atom. The molecule has 5 rings (SSSR count). The van der Waals surface area contributed by atoms with E-state index in [2.05, 4.69) is 39.4 Å². The van der Waals surface area contributed by atoms with Gasteiger partial charge in [-0.3, -0.25) is 0 Å². The van der Waals surface area contributed by atoms with Gasteiger partial charge in [0, 0.05) is 13.5 Å². The Morgan fingerprint density at radius 1 is 1.07 bits per heavy atom. The number of nitrogens with one attached hydrogen (secondary N) is 1. The first-order valence-corrected chi connectivity index (χ1v) is 9.13.